The van der Waals surface area contributed by atoms with Crippen LogP contribution in [-0.4, -0.2) is 63.1 Å². The second-order valence-corrected chi connectivity index (χ2v) is 8.21. The zero-order valence-electron chi connectivity index (χ0n) is 17.0. The number of likely N-dealkylation sites (N-methyl/N-ethyl adjacent to an activating group) is 1. The average Bonchev–Trinajstić information content (AvgIpc) is 3.08. The number of rotatable bonds is 5. The van der Waals surface area contributed by atoms with Crippen LogP contribution in [0.1, 0.15) is 32.2 Å². The standard InChI is InChI=1S/C19H26N8O/c1-19(2,3)15-6-7-16(24-23-15)26-9-14(10-26)25(4)17-8-13(11-28-5)22-18-20-12-21-27(17)18/h6-8,12,14H,9-11H2,1-5H3. The van der Waals surface area contributed by atoms with E-state index in [1.807, 2.05) is 6.07 Å². The van der Waals surface area contributed by atoms with Gasteiger partial charge < -0.3 is 14.5 Å². The van der Waals surface area contributed by atoms with Crippen molar-refractivity contribution in [1.82, 2.24) is 29.8 Å². The summed E-state index contributed by atoms with van der Waals surface area (Å²) in [6.45, 7) is 8.61. The third kappa shape index (κ3) is 3.37. The van der Waals surface area contributed by atoms with E-state index in [0.717, 1.165) is 36.1 Å². The topological polar surface area (TPSA) is 84.6 Å². The number of hydrogen-bond donors (Lipinski definition) is 0. The molecule has 0 atom stereocenters. The van der Waals surface area contributed by atoms with Gasteiger partial charge in [0.05, 0.1) is 24.0 Å². The minimum atomic E-state index is 0.00760. The van der Waals surface area contributed by atoms with E-state index in [-0.39, 0.29) is 5.41 Å². The Hall–Kier alpha value is -2.81. The van der Waals surface area contributed by atoms with E-state index in [9.17, 15) is 0 Å². The molecule has 1 aliphatic heterocycles. The van der Waals surface area contributed by atoms with E-state index in [4.69, 9.17) is 4.74 Å². The molecule has 0 aromatic carbocycles. The Morgan fingerprint density at radius 3 is 2.64 bits per heavy atom. The average molecular weight is 382 g/mol. The first-order valence-corrected chi connectivity index (χ1v) is 9.37. The first kappa shape index (κ1) is 18.5. The Balaban J connectivity index is 1.49. The molecular weight excluding hydrogens is 356 g/mol. The van der Waals surface area contributed by atoms with Crippen LogP contribution in [0, 0.1) is 0 Å². The van der Waals surface area contributed by atoms with Crippen LogP contribution in [0.2, 0.25) is 0 Å². The van der Waals surface area contributed by atoms with Gasteiger partial charge in [0, 0.05) is 38.7 Å². The third-order valence-corrected chi connectivity index (χ3v) is 5.09. The number of methoxy groups -OCH3 is 1. The molecule has 0 bridgehead atoms. The van der Waals surface area contributed by atoms with Gasteiger partial charge >= 0.3 is 0 Å². The summed E-state index contributed by atoms with van der Waals surface area (Å²) in [6.07, 6.45) is 1.52. The molecule has 9 nitrogen and oxygen atoms in total. The highest BCUT2D eigenvalue weighted by Gasteiger charge is 2.33. The Morgan fingerprint density at radius 1 is 1.21 bits per heavy atom. The zero-order valence-corrected chi connectivity index (χ0v) is 17.0. The molecule has 4 rings (SSSR count). The predicted octanol–water partition coefficient (Wildman–Crippen LogP) is 1.68. The SMILES string of the molecule is COCc1cc(N(C)C2CN(c3ccc(C(C)(C)C)nn3)C2)n2ncnc2n1. The third-order valence-electron chi connectivity index (χ3n) is 5.09. The molecule has 28 heavy (non-hydrogen) atoms. The van der Waals surface area contributed by atoms with Gasteiger partial charge in [-0.1, -0.05) is 20.8 Å². The van der Waals surface area contributed by atoms with Gasteiger partial charge in [0.1, 0.15) is 12.1 Å². The highest BCUT2D eigenvalue weighted by molar-refractivity contribution is 5.51. The summed E-state index contributed by atoms with van der Waals surface area (Å²) >= 11 is 0. The van der Waals surface area contributed by atoms with Gasteiger partial charge in [-0.25, -0.2) is 4.98 Å². The monoisotopic (exact) mass is 382 g/mol. The second kappa shape index (κ2) is 6.97. The molecule has 0 saturated carbocycles. The first-order chi connectivity index (χ1) is 13.4. The fourth-order valence-corrected chi connectivity index (χ4v) is 3.29. The lowest BCUT2D eigenvalue weighted by Crippen LogP contribution is -2.59. The minimum Gasteiger partial charge on any atom is -0.378 e. The number of anilines is 2. The van der Waals surface area contributed by atoms with Crippen molar-refractivity contribution >= 4 is 17.4 Å². The van der Waals surface area contributed by atoms with Gasteiger partial charge in [0.25, 0.3) is 5.78 Å². The molecule has 0 radical (unpaired) electrons. The molecule has 9 heteroatoms. The van der Waals surface area contributed by atoms with Crippen molar-refractivity contribution in [2.45, 2.75) is 38.8 Å². The molecule has 0 spiro atoms. The summed E-state index contributed by atoms with van der Waals surface area (Å²) in [7, 11) is 3.73. The molecule has 0 unspecified atom stereocenters. The largest absolute Gasteiger partial charge is 0.378 e. The highest BCUT2D eigenvalue weighted by atomic mass is 16.5. The van der Waals surface area contributed by atoms with E-state index in [1.54, 1.807) is 11.6 Å². The molecule has 148 valence electrons. The van der Waals surface area contributed by atoms with Crippen LogP contribution in [0.5, 0.6) is 0 Å². The summed E-state index contributed by atoms with van der Waals surface area (Å²) in [4.78, 5) is 13.1. The van der Waals surface area contributed by atoms with Crippen molar-refractivity contribution in [3.05, 3.63) is 35.9 Å². The number of ether oxygens (including phenoxy) is 1. The summed E-state index contributed by atoms with van der Waals surface area (Å²) in [5.41, 5.74) is 1.85. The van der Waals surface area contributed by atoms with Crippen LogP contribution in [0.4, 0.5) is 11.6 Å². The lowest BCUT2D eigenvalue weighted by Gasteiger charge is -2.45. The van der Waals surface area contributed by atoms with Gasteiger partial charge in [-0.15, -0.1) is 5.10 Å². The molecule has 0 amide bonds. The Labute approximate surface area is 164 Å². The number of aromatic nitrogens is 6. The van der Waals surface area contributed by atoms with Gasteiger partial charge in [-0.05, 0) is 12.1 Å². The Morgan fingerprint density at radius 2 is 2.00 bits per heavy atom. The summed E-state index contributed by atoms with van der Waals surface area (Å²) in [5, 5.41) is 13.1. The van der Waals surface area contributed by atoms with Crippen molar-refractivity contribution in [3.8, 4) is 0 Å². The lowest BCUT2D eigenvalue weighted by atomic mass is 9.92. The smallest absolute Gasteiger partial charge is 0.254 e. The maximum atomic E-state index is 5.24. The van der Waals surface area contributed by atoms with Crippen molar-refractivity contribution < 1.29 is 4.74 Å². The van der Waals surface area contributed by atoms with E-state index < -0.39 is 0 Å². The van der Waals surface area contributed by atoms with Crippen LogP contribution in [-0.2, 0) is 16.8 Å². The first-order valence-electron chi connectivity index (χ1n) is 9.37. The van der Waals surface area contributed by atoms with Crippen LogP contribution >= 0.6 is 0 Å². The van der Waals surface area contributed by atoms with Crippen molar-refractivity contribution in [1.29, 1.82) is 0 Å². The van der Waals surface area contributed by atoms with E-state index in [0.29, 0.717) is 18.4 Å². The van der Waals surface area contributed by atoms with Crippen LogP contribution in [0.3, 0.4) is 0 Å². The van der Waals surface area contributed by atoms with Gasteiger partial charge in [0.2, 0.25) is 0 Å². The Kier molecular flexibility index (Phi) is 4.62. The van der Waals surface area contributed by atoms with Crippen LogP contribution in [0.15, 0.2) is 24.5 Å². The molecule has 3 aromatic heterocycles. The van der Waals surface area contributed by atoms with Crippen LogP contribution < -0.4 is 9.80 Å². The number of fused-ring (bicyclic) bond motifs is 1. The van der Waals surface area contributed by atoms with Gasteiger partial charge in [0.15, 0.2) is 5.82 Å². The van der Waals surface area contributed by atoms with Crippen molar-refractivity contribution in [2.75, 3.05) is 37.0 Å². The summed E-state index contributed by atoms with van der Waals surface area (Å²) < 4.78 is 7.00. The van der Waals surface area contributed by atoms with E-state index in [1.165, 1.54) is 6.33 Å². The normalized spacial score (nSPS) is 15.1. The molecule has 1 saturated heterocycles. The fraction of sp³-hybridized carbons (Fsp3) is 0.526. The quantitative estimate of drug-likeness (QED) is 0.659. The maximum Gasteiger partial charge on any atom is 0.254 e. The highest BCUT2D eigenvalue weighted by Crippen LogP contribution is 2.27. The van der Waals surface area contributed by atoms with Gasteiger partial charge in [-0.3, -0.25) is 0 Å². The van der Waals surface area contributed by atoms with Crippen molar-refractivity contribution in [2.24, 2.45) is 0 Å². The molecule has 0 N–H and O–H groups in total. The molecular formula is C19H26N8O. The molecule has 3 aromatic rings. The molecule has 1 aliphatic rings. The number of nitrogens with zero attached hydrogens (tertiary/aromatic N) is 8. The predicted molar refractivity (Wildman–Crippen MR) is 107 cm³/mol. The summed E-state index contributed by atoms with van der Waals surface area (Å²) in [5.74, 6) is 2.45. The fourth-order valence-electron chi connectivity index (χ4n) is 3.29. The van der Waals surface area contributed by atoms with Gasteiger partial charge in [-0.2, -0.15) is 19.7 Å². The number of hydrogen-bond acceptors (Lipinski definition) is 8. The molecule has 1 fully saturated rings. The molecule has 4 heterocycles. The minimum absolute atomic E-state index is 0.00760. The lowest BCUT2D eigenvalue weighted by molar-refractivity contribution is 0.181. The molecule has 0 aliphatic carbocycles. The van der Waals surface area contributed by atoms with Crippen LogP contribution in [0.25, 0.3) is 5.78 Å². The second-order valence-electron chi connectivity index (χ2n) is 8.21. The zero-order chi connectivity index (χ0) is 19.9. The maximum absolute atomic E-state index is 5.24. The van der Waals surface area contributed by atoms with Crippen molar-refractivity contribution in [3.63, 3.8) is 0 Å². The van der Waals surface area contributed by atoms with E-state index >= 15 is 0 Å². The Bertz CT molecular complexity index is 956. The van der Waals surface area contributed by atoms with E-state index in [2.05, 4.69) is 75.0 Å². The summed E-state index contributed by atoms with van der Waals surface area (Å²) in [6, 6.07) is 6.47.